The highest BCUT2D eigenvalue weighted by Crippen LogP contribution is 2.21. The van der Waals surface area contributed by atoms with Crippen LogP contribution in [0.25, 0.3) is 0 Å². The van der Waals surface area contributed by atoms with E-state index < -0.39 is 5.82 Å². The number of aryl methyl sites for hydroxylation is 1. The van der Waals surface area contributed by atoms with Crippen molar-refractivity contribution in [2.24, 2.45) is 0 Å². The molecule has 0 fully saturated rings. The Balaban J connectivity index is 2.13. The molecule has 0 saturated heterocycles. The third-order valence-electron chi connectivity index (χ3n) is 3.15. The van der Waals surface area contributed by atoms with E-state index >= 15 is 0 Å². The smallest absolute Gasteiger partial charge is 0.337 e. The van der Waals surface area contributed by atoms with Crippen molar-refractivity contribution in [1.82, 2.24) is 0 Å². The van der Waals surface area contributed by atoms with Gasteiger partial charge < -0.3 is 10.1 Å². The van der Waals surface area contributed by atoms with Crippen molar-refractivity contribution in [2.45, 2.75) is 13.5 Å². The van der Waals surface area contributed by atoms with E-state index in [-0.39, 0.29) is 11.0 Å². The highest BCUT2D eigenvalue weighted by molar-refractivity contribution is 6.30. The second-order valence-corrected chi connectivity index (χ2v) is 4.99. The summed E-state index contributed by atoms with van der Waals surface area (Å²) in [6.45, 7) is 2.17. The van der Waals surface area contributed by atoms with Crippen LogP contribution in [-0.4, -0.2) is 13.1 Å². The van der Waals surface area contributed by atoms with Crippen LogP contribution in [0.3, 0.4) is 0 Å². The van der Waals surface area contributed by atoms with Crippen molar-refractivity contribution in [3.05, 3.63) is 63.9 Å². The fourth-order valence-corrected chi connectivity index (χ4v) is 2.18. The van der Waals surface area contributed by atoms with E-state index in [1.807, 2.05) is 6.92 Å². The molecule has 0 aliphatic carbocycles. The second kappa shape index (κ2) is 6.59. The molecule has 0 unspecified atom stereocenters. The molecule has 110 valence electrons. The third-order valence-corrected chi connectivity index (χ3v) is 3.44. The first-order chi connectivity index (χ1) is 10.0. The van der Waals surface area contributed by atoms with Crippen molar-refractivity contribution < 1.29 is 13.9 Å². The summed E-state index contributed by atoms with van der Waals surface area (Å²) in [5.41, 5.74) is 2.66. The van der Waals surface area contributed by atoms with E-state index in [1.54, 1.807) is 30.3 Å². The maximum atomic E-state index is 13.8. The van der Waals surface area contributed by atoms with Crippen molar-refractivity contribution in [3.63, 3.8) is 0 Å². The molecule has 0 bridgehead atoms. The minimum atomic E-state index is -0.421. The molecule has 0 amide bonds. The van der Waals surface area contributed by atoms with Crippen molar-refractivity contribution >= 4 is 23.3 Å². The number of anilines is 1. The zero-order valence-corrected chi connectivity index (χ0v) is 12.5. The zero-order chi connectivity index (χ0) is 15.4. The Morgan fingerprint density at radius 1 is 1.33 bits per heavy atom. The summed E-state index contributed by atoms with van der Waals surface area (Å²) in [5, 5.41) is 3.23. The number of carbonyl (C=O) groups excluding carboxylic acids is 1. The Bertz CT molecular complexity index is 673. The molecule has 0 radical (unpaired) electrons. The summed E-state index contributed by atoms with van der Waals surface area (Å²) in [4.78, 5) is 11.4. The van der Waals surface area contributed by atoms with Gasteiger partial charge in [-0.3, -0.25) is 0 Å². The fraction of sp³-hybridized carbons (Fsp3) is 0.188. The van der Waals surface area contributed by atoms with Crippen LogP contribution in [0, 0.1) is 12.7 Å². The van der Waals surface area contributed by atoms with Gasteiger partial charge in [0.2, 0.25) is 0 Å². The number of esters is 1. The molecule has 0 saturated carbocycles. The van der Waals surface area contributed by atoms with E-state index in [2.05, 4.69) is 10.1 Å². The number of ether oxygens (including phenoxy) is 1. The predicted octanol–water partition coefficient (Wildman–Crippen LogP) is 4.19. The SMILES string of the molecule is COC(=O)c1ccc(NCc2cccc(Cl)c2F)c(C)c1. The van der Waals surface area contributed by atoms with E-state index in [0.717, 1.165) is 11.3 Å². The molecule has 21 heavy (non-hydrogen) atoms. The lowest BCUT2D eigenvalue weighted by atomic mass is 10.1. The summed E-state index contributed by atoms with van der Waals surface area (Å²) in [5.74, 6) is -0.805. The molecular weight excluding hydrogens is 293 g/mol. The lowest BCUT2D eigenvalue weighted by Crippen LogP contribution is -2.06. The van der Waals surface area contributed by atoms with Gasteiger partial charge in [-0.2, -0.15) is 0 Å². The topological polar surface area (TPSA) is 38.3 Å². The van der Waals surface area contributed by atoms with E-state index in [9.17, 15) is 9.18 Å². The number of hydrogen-bond donors (Lipinski definition) is 1. The monoisotopic (exact) mass is 307 g/mol. The minimum absolute atomic E-state index is 0.104. The van der Waals surface area contributed by atoms with Gasteiger partial charge in [-0.15, -0.1) is 0 Å². The van der Waals surface area contributed by atoms with Gasteiger partial charge in [0.25, 0.3) is 0 Å². The van der Waals surface area contributed by atoms with Crippen LogP contribution in [0.15, 0.2) is 36.4 Å². The molecule has 3 nitrogen and oxygen atoms in total. The highest BCUT2D eigenvalue weighted by Gasteiger charge is 2.09. The van der Waals surface area contributed by atoms with Crippen molar-refractivity contribution in [3.8, 4) is 0 Å². The molecule has 2 rings (SSSR count). The number of benzene rings is 2. The van der Waals surface area contributed by atoms with Crippen LogP contribution in [0.5, 0.6) is 0 Å². The van der Waals surface area contributed by atoms with Gasteiger partial charge >= 0.3 is 5.97 Å². The maximum Gasteiger partial charge on any atom is 0.337 e. The van der Waals surface area contributed by atoms with Gasteiger partial charge in [0, 0.05) is 17.8 Å². The number of rotatable bonds is 4. The highest BCUT2D eigenvalue weighted by atomic mass is 35.5. The fourth-order valence-electron chi connectivity index (χ4n) is 1.98. The molecular formula is C16H15ClFNO2. The number of methoxy groups -OCH3 is 1. The number of carbonyl (C=O) groups is 1. The second-order valence-electron chi connectivity index (χ2n) is 4.59. The van der Waals surface area contributed by atoms with Gasteiger partial charge in [0.1, 0.15) is 5.82 Å². The Kier molecular flexibility index (Phi) is 4.81. The van der Waals surface area contributed by atoms with Gasteiger partial charge in [-0.25, -0.2) is 9.18 Å². The Morgan fingerprint density at radius 2 is 2.10 bits per heavy atom. The lowest BCUT2D eigenvalue weighted by Gasteiger charge is -2.11. The normalized spacial score (nSPS) is 10.3. The van der Waals surface area contributed by atoms with Gasteiger partial charge in [-0.1, -0.05) is 23.7 Å². The quantitative estimate of drug-likeness (QED) is 0.861. The summed E-state index contributed by atoms with van der Waals surface area (Å²) >= 11 is 5.74. The molecule has 0 aliphatic rings. The summed E-state index contributed by atoms with van der Waals surface area (Å²) in [7, 11) is 1.34. The molecule has 5 heteroatoms. The first-order valence-corrected chi connectivity index (χ1v) is 6.76. The molecule has 0 aliphatic heterocycles. The summed E-state index contributed by atoms with van der Waals surface area (Å²) in [6.07, 6.45) is 0. The average molecular weight is 308 g/mol. The first kappa shape index (κ1) is 15.3. The molecule has 0 spiro atoms. The van der Waals surface area contributed by atoms with Crippen LogP contribution in [0.4, 0.5) is 10.1 Å². The van der Waals surface area contributed by atoms with E-state index in [4.69, 9.17) is 11.6 Å². The Hall–Kier alpha value is -2.07. The van der Waals surface area contributed by atoms with Crippen LogP contribution in [0.1, 0.15) is 21.5 Å². The van der Waals surface area contributed by atoms with Crippen LogP contribution < -0.4 is 5.32 Å². The number of hydrogen-bond acceptors (Lipinski definition) is 3. The zero-order valence-electron chi connectivity index (χ0n) is 11.7. The standard InChI is InChI=1S/C16H15ClFNO2/c1-10-8-11(16(20)21-2)6-7-14(10)19-9-12-4-3-5-13(17)15(12)18/h3-8,19H,9H2,1-2H3. The summed E-state index contributed by atoms with van der Waals surface area (Å²) < 4.78 is 18.5. The molecule has 2 aromatic carbocycles. The number of halogens is 2. The first-order valence-electron chi connectivity index (χ1n) is 6.38. The van der Waals surface area contributed by atoms with Gasteiger partial charge in [-0.05, 0) is 36.8 Å². The van der Waals surface area contributed by atoms with Crippen molar-refractivity contribution in [2.75, 3.05) is 12.4 Å². The molecule has 0 heterocycles. The van der Waals surface area contributed by atoms with Gasteiger partial charge in [0.05, 0.1) is 17.7 Å². The maximum absolute atomic E-state index is 13.8. The Morgan fingerprint density at radius 3 is 2.76 bits per heavy atom. The van der Waals surface area contributed by atoms with Crippen LogP contribution in [0.2, 0.25) is 5.02 Å². The molecule has 0 atom stereocenters. The number of nitrogens with one attached hydrogen (secondary N) is 1. The van der Waals surface area contributed by atoms with Crippen molar-refractivity contribution in [1.29, 1.82) is 0 Å². The molecule has 1 N–H and O–H groups in total. The van der Waals surface area contributed by atoms with Crippen LogP contribution in [-0.2, 0) is 11.3 Å². The minimum Gasteiger partial charge on any atom is -0.465 e. The van der Waals surface area contributed by atoms with Crippen LogP contribution >= 0.6 is 11.6 Å². The lowest BCUT2D eigenvalue weighted by molar-refractivity contribution is 0.0600. The Labute approximate surface area is 127 Å². The average Bonchev–Trinajstić information content (AvgIpc) is 2.49. The van der Waals surface area contributed by atoms with E-state index in [1.165, 1.54) is 13.2 Å². The third kappa shape index (κ3) is 3.52. The largest absolute Gasteiger partial charge is 0.465 e. The molecule has 0 aromatic heterocycles. The predicted molar refractivity (Wildman–Crippen MR) is 81.3 cm³/mol. The molecule has 2 aromatic rings. The van der Waals surface area contributed by atoms with Gasteiger partial charge in [0.15, 0.2) is 0 Å². The van der Waals surface area contributed by atoms with E-state index in [0.29, 0.717) is 17.7 Å². The summed E-state index contributed by atoms with van der Waals surface area (Å²) in [6, 6.07) is 10.0.